The van der Waals surface area contributed by atoms with Crippen LogP contribution in [0.4, 0.5) is 4.39 Å². The van der Waals surface area contributed by atoms with Crippen LogP contribution in [0.25, 0.3) is 0 Å². The lowest BCUT2D eigenvalue weighted by Crippen LogP contribution is -2.28. The number of hydrogen-bond donors (Lipinski definition) is 2. The molecule has 0 saturated heterocycles. The van der Waals surface area contributed by atoms with Gasteiger partial charge in [0.05, 0.1) is 6.33 Å². The fraction of sp³-hybridized carbons (Fsp3) is 0.154. The second kappa shape index (κ2) is 5.52. The Morgan fingerprint density at radius 2 is 2.05 bits per heavy atom. The van der Waals surface area contributed by atoms with E-state index in [1.165, 1.54) is 24.1 Å². The van der Waals surface area contributed by atoms with Gasteiger partial charge in [-0.1, -0.05) is 12.1 Å². The Hall–Kier alpha value is -2.70. The lowest BCUT2D eigenvalue weighted by molar-refractivity contribution is 0.0775. The van der Waals surface area contributed by atoms with Crippen LogP contribution in [0.1, 0.15) is 16.1 Å². The minimum absolute atomic E-state index is 0.201. The van der Waals surface area contributed by atoms with Crippen LogP contribution in [0, 0.1) is 5.82 Å². The summed E-state index contributed by atoms with van der Waals surface area (Å²) in [5, 5.41) is 9.52. The number of carbonyl (C=O) groups excluding carboxylic acids is 1. The third-order valence-corrected chi connectivity index (χ3v) is 2.71. The summed E-state index contributed by atoms with van der Waals surface area (Å²) in [5.41, 5.74) is -0.386. The molecule has 0 bridgehead atoms. The van der Waals surface area contributed by atoms with E-state index in [9.17, 15) is 19.1 Å². The topological polar surface area (TPSA) is 86.3 Å². The average Bonchev–Trinajstić information content (AvgIpc) is 2.43. The number of benzene rings is 1. The minimum atomic E-state index is -0.779. The van der Waals surface area contributed by atoms with Crippen LogP contribution in [0.2, 0.25) is 0 Å². The molecule has 1 amide bonds. The number of rotatable bonds is 3. The van der Waals surface area contributed by atoms with Gasteiger partial charge >= 0.3 is 0 Å². The van der Waals surface area contributed by atoms with Crippen molar-refractivity contribution in [3.8, 4) is 5.75 Å². The molecule has 0 fully saturated rings. The maximum absolute atomic E-state index is 12.8. The molecule has 1 heterocycles. The zero-order chi connectivity index (χ0) is 14.7. The number of aromatic nitrogens is 2. The number of nitrogens with one attached hydrogen (secondary N) is 1. The highest BCUT2D eigenvalue weighted by Gasteiger charge is 2.19. The molecule has 1 aromatic carbocycles. The van der Waals surface area contributed by atoms with Crippen molar-refractivity contribution >= 4 is 5.91 Å². The summed E-state index contributed by atoms with van der Waals surface area (Å²) < 4.78 is 12.8. The number of nitrogens with zero attached hydrogens (tertiary/aromatic N) is 2. The van der Waals surface area contributed by atoms with E-state index in [1.807, 2.05) is 0 Å². The van der Waals surface area contributed by atoms with Crippen molar-refractivity contribution < 1.29 is 14.3 Å². The first-order valence-corrected chi connectivity index (χ1v) is 5.75. The summed E-state index contributed by atoms with van der Waals surface area (Å²) in [6, 6.07) is 5.67. The zero-order valence-corrected chi connectivity index (χ0v) is 10.6. The molecule has 2 N–H and O–H groups in total. The van der Waals surface area contributed by atoms with Crippen molar-refractivity contribution in [1.29, 1.82) is 0 Å². The molecule has 1 aromatic heterocycles. The largest absolute Gasteiger partial charge is 0.501 e. The molecule has 2 rings (SSSR count). The molecular weight excluding hydrogens is 265 g/mol. The molecule has 0 aliphatic carbocycles. The predicted octanol–water partition coefficient (Wildman–Crippen LogP) is 0.887. The van der Waals surface area contributed by atoms with Crippen LogP contribution in [-0.4, -0.2) is 32.9 Å². The SMILES string of the molecule is CN(Cc1ccc(F)cc1)C(=O)c1nc[nH]c(=O)c1O. The first-order valence-electron chi connectivity index (χ1n) is 5.75. The van der Waals surface area contributed by atoms with Gasteiger partial charge in [-0.15, -0.1) is 0 Å². The third kappa shape index (κ3) is 2.82. The number of hydrogen-bond acceptors (Lipinski definition) is 4. The highest BCUT2D eigenvalue weighted by atomic mass is 19.1. The normalized spacial score (nSPS) is 10.3. The average molecular weight is 277 g/mol. The molecule has 0 aliphatic heterocycles. The Bertz CT molecular complexity index is 682. The van der Waals surface area contributed by atoms with E-state index in [4.69, 9.17) is 0 Å². The van der Waals surface area contributed by atoms with Crippen LogP contribution in [0.5, 0.6) is 5.75 Å². The number of amides is 1. The van der Waals surface area contributed by atoms with Crippen LogP contribution in [0.3, 0.4) is 0 Å². The van der Waals surface area contributed by atoms with Crippen LogP contribution in [-0.2, 0) is 6.54 Å². The Morgan fingerprint density at radius 1 is 1.40 bits per heavy atom. The molecule has 0 radical (unpaired) electrons. The van der Waals surface area contributed by atoms with Gasteiger partial charge < -0.3 is 15.0 Å². The van der Waals surface area contributed by atoms with E-state index in [0.717, 1.165) is 6.33 Å². The molecule has 104 valence electrons. The fourth-order valence-corrected chi connectivity index (χ4v) is 1.67. The number of aromatic amines is 1. The zero-order valence-electron chi connectivity index (χ0n) is 10.6. The van der Waals surface area contributed by atoms with E-state index < -0.39 is 17.2 Å². The first kappa shape index (κ1) is 13.7. The van der Waals surface area contributed by atoms with Gasteiger partial charge in [-0.05, 0) is 17.7 Å². The van der Waals surface area contributed by atoms with E-state index in [-0.39, 0.29) is 18.1 Å². The maximum Gasteiger partial charge on any atom is 0.293 e. The summed E-state index contributed by atoms with van der Waals surface area (Å²) in [7, 11) is 1.49. The smallest absolute Gasteiger partial charge is 0.293 e. The fourth-order valence-electron chi connectivity index (χ4n) is 1.67. The number of halogens is 1. The van der Waals surface area contributed by atoms with Gasteiger partial charge in [0.15, 0.2) is 5.69 Å². The third-order valence-electron chi connectivity index (χ3n) is 2.71. The molecule has 20 heavy (non-hydrogen) atoms. The quantitative estimate of drug-likeness (QED) is 0.872. The summed E-state index contributed by atoms with van der Waals surface area (Å²) in [5.74, 6) is -1.68. The Labute approximate surface area is 113 Å². The first-order chi connectivity index (χ1) is 9.49. The Morgan fingerprint density at radius 3 is 2.70 bits per heavy atom. The van der Waals surface area contributed by atoms with Gasteiger partial charge in [-0.3, -0.25) is 9.59 Å². The van der Waals surface area contributed by atoms with Crippen LogP contribution in [0.15, 0.2) is 35.4 Å². The second-order valence-corrected chi connectivity index (χ2v) is 4.22. The molecular formula is C13H12FN3O3. The van der Waals surface area contributed by atoms with Gasteiger partial charge in [0.2, 0.25) is 5.75 Å². The summed E-state index contributed by atoms with van der Waals surface area (Å²) in [6.45, 7) is 0.201. The lowest BCUT2D eigenvalue weighted by atomic mass is 10.2. The molecule has 0 spiro atoms. The Kier molecular flexibility index (Phi) is 3.79. The van der Waals surface area contributed by atoms with Crippen molar-refractivity contribution in [3.63, 3.8) is 0 Å². The predicted molar refractivity (Wildman–Crippen MR) is 68.7 cm³/mol. The number of aromatic hydroxyl groups is 1. The minimum Gasteiger partial charge on any atom is -0.501 e. The van der Waals surface area contributed by atoms with Crippen molar-refractivity contribution in [1.82, 2.24) is 14.9 Å². The standard InChI is InChI=1S/C13H12FN3O3/c1-17(6-8-2-4-9(14)5-3-8)13(20)10-11(18)12(19)16-7-15-10/h2-5,7,18H,6H2,1H3,(H,15,16,19). The highest BCUT2D eigenvalue weighted by molar-refractivity contribution is 5.94. The van der Waals surface area contributed by atoms with Crippen LogP contribution < -0.4 is 5.56 Å². The van der Waals surface area contributed by atoms with Crippen LogP contribution >= 0.6 is 0 Å². The van der Waals surface area contributed by atoms with E-state index in [1.54, 1.807) is 12.1 Å². The van der Waals surface area contributed by atoms with Gasteiger partial charge in [-0.2, -0.15) is 0 Å². The second-order valence-electron chi connectivity index (χ2n) is 4.22. The van der Waals surface area contributed by atoms with Gasteiger partial charge in [0.25, 0.3) is 11.5 Å². The molecule has 0 atom stereocenters. The van der Waals surface area contributed by atoms with Gasteiger partial charge in [0, 0.05) is 13.6 Å². The van der Waals surface area contributed by atoms with Crippen molar-refractivity contribution in [2.45, 2.75) is 6.54 Å². The molecule has 0 unspecified atom stereocenters. The van der Waals surface area contributed by atoms with Gasteiger partial charge in [-0.25, -0.2) is 9.37 Å². The van der Waals surface area contributed by atoms with E-state index in [0.29, 0.717) is 5.56 Å². The highest BCUT2D eigenvalue weighted by Crippen LogP contribution is 2.12. The molecule has 0 aliphatic rings. The molecule has 0 saturated carbocycles. The number of H-pyrrole nitrogens is 1. The monoisotopic (exact) mass is 277 g/mol. The van der Waals surface area contributed by atoms with Crippen molar-refractivity contribution in [3.05, 3.63) is 58.0 Å². The molecule has 7 heteroatoms. The lowest BCUT2D eigenvalue weighted by Gasteiger charge is -2.16. The van der Waals surface area contributed by atoms with Crippen molar-refractivity contribution in [2.24, 2.45) is 0 Å². The summed E-state index contributed by atoms with van der Waals surface area (Å²) in [4.78, 5) is 30.4. The summed E-state index contributed by atoms with van der Waals surface area (Å²) in [6.07, 6.45) is 1.04. The number of carbonyl (C=O) groups is 1. The summed E-state index contributed by atoms with van der Waals surface area (Å²) >= 11 is 0. The van der Waals surface area contributed by atoms with Crippen molar-refractivity contribution in [2.75, 3.05) is 7.05 Å². The van der Waals surface area contributed by atoms with Gasteiger partial charge in [0.1, 0.15) is 5.82 Å². The Balaban J connectivity index is 2.18. The van der Waals surface area contributed by atoms with E-state index >= 15 is 0 Å². The molecule has 2 aromatic rings. The maximum atomic E-state index is 12.8. The molecule has 6 nitrogen and oxygen atoms in total. The van der Waals surface area contributed by atoms with E-state index in [2.05, 4.69) is 9.97 Å².